The summed E-state index contributed by atoms with van der Waals surface area (Å²) >= 11 is 0. The van der Waals surface area contributed by atoms with Gasteiger partial charge in [0.25, 0.3) is 0 Å². The normalized spacial score (nSPS) is 15.2. The summed E-state index contributed by atoms with van der Waals surface area (Å²) in [6.45, 7) is 3.76. The molecule has 0 aromatic heterocycles. The Morgan fingerprint density at radius 2 is 1.83 bits per heavy atom. The second kappa shape index (κ2) is 8.11. The average Bonchev–Trinajstić information content (AvgIpc) is 2.60. The van der Waals surface area contributed by atoms with Crippen LogP contribution in [0, 0.1) is 0 Å². The number of hydrogen-bond acceptors (Lipinski definition) is 5. The first-order chi connectivity index (χ1) is 11.5. The highest BCUT2D eigenvalue weighted by Crippen LogP contribution is 2.15. The summed E-state index contributed by atoms with van der Waals surface area (Å²) in [6.07, 6.45) is 0.746. The van der Waals surface area contributed by atoms with Crippen LogP contribution in [-0.4, -0.2) is 69.9 Å². The van der Waals surface area contributed by atoms with Crippen molar-refractivity contribution in [2.24, 2.45) is 0 Å². The molecule has 1 aliphatic rings. The fraction of sp³-hybridized carbons (Fsp3) is 0.467. The van der Waals surface area contributed by atoms with Gasteiger partial charge in [-0.1, -0.05) is 0 Å². The molecule has 132 valence electrons. The molecule has 24 heavy (non-hydrogen) atoms. The van der Waals surface area contributed by atoms with Crippen LogP contribution < -0.4 is 9.46 Å². The van der Waals surface area contributed by atoms with Crippen LogP contribution in [0.2, 0.25) is 0 Å². The second-order valence-corrected chi connectivity index (χ2v) is 7.02. The van der Waals surface area contributed by atoms with Crippen LogP contribution in [0.5, 0.6) is 5.75 Å². The molecule has 1 aliphatic heterocycles. The molecule has 0 bridgehead atoms. The van der Waals surface area contributed by atoms with E-state index in [9.17, 15) is 18.0 Å². The lowest BCUT2D eigenvalue weighted by Gasteiger charge is -2.32. The van der Waals surface area contributed by atoms with E-state index in [1.165, 1.54) is 12.1 Å². The summed E-state index contributed by atoms with van der Waals surface area (Å²) in [4.78, 5) is 25.9. The molecule has 1 aromatic carbocycles. The minimum absolute atomic E-state index is 0.0736. The van der Waals surface area contributed by atoms with E-state index >= 15 is 0 Å². The highest BCUT2D eigenvalue weighted by molar-refractivity contribution is 7.89. The number of sulfonamides is 1. The van der Waals surface area contributed by atoms with Gasteiger partial charge in [-0.3, -0.25) is 9.59 Å². The Balaban J connectivity index is 1.90. The molecule has 2 amide bonds. The van der Waals surface area contributed by atoms with Gasteiger partial charge in [-0.2, -0.15) is 0 Å². The van der Waals surface area contributed by atoms with Gasteiger partial charge in [0.15, 0.2) is 0 Å². The summed E-state index contributed by atoms with van der Waals surface area (Å²) in [5.41, 5.74) is 0. The van der Waals surface area contributed by atoms with Gasteiger partial charge in [0.2, 0.25) is 22.3 Å². The van der Waals surface area contributed by atoms with E-state index in [4.69, 9.17) is 4.74 Å². The number of benzene rings is 1. The Labute approximate surface area is 141 Å². The number of rotatable bonds is 7. The Morgan fingerprint density at radius 1 is 1.21 bits per heavy atom. The molecule has 0 saturated carbocycles. The molecule has 9 heteroatoms. The molecule has 1 heterocycles. The van der Waals surface area contributed by atoms with Crippen molar-refractivity contribution in [3.63, 3.8) is 0 Å². The Kier molecular flexibility index (Phi) is 6.16. The van der Waals surface area contributed by atoms with Gasteiger partial charge in [0.1, 0.15) is 5.75 Å². The van der Waals surface area contributed by atoms with Gasteiger partial charge >= 0.3 is 0 Å². The maximum Gasteiger partial charge on any atom is 0.241 e. The van der Waals surface area contributed by atoms with E-state index in [-0.39, 0.29) is 17.3 Å². The fourth-order valence-corrected chi connectivity index (χ4v) is 3.28. The molecule has 0 aliphatic carbocycles. The maximum atomic E-state index is 12.2. The van der Waals surface area contributed by atoms with Gasteiger partial charge in [-0.15, -0.1) is 0 Å². The Bertz CT molecular complexity index is 667. The van der Waals surface area contributed by atoms with E-state index in [2.05, 4.69) is 4.72 Å². The van der Waals surface area contributed by atoms with E-state index < -0.39 is 10.0 Å². The predicted octanol–water partition coefficient (Wildman–Crippen LogP) is -0.336. The van der Waals surface area contributed by atoms with Crippen molar-refractivity contribution in [1.82, 2.24) is 14.5 Å². The third-order valence-corrected chi connectivity index (χ3v) is 5.09. The molecule has 1 fully saturated rings. The number of hydrogen-bond donors (Lipinski definition) is 1. The van der Waals surface area contributed by atoms with Crippen LogP contribution in [0.25, 0.3) is 0 Å². The predicted molar refractivity (Wildman–Crippen MR) is 87.0 cm³/mol. The molecule has 0 unspecified atom stereocenters. The molecule has 0 radical (unpaired) electrons. The van der Waals surface area contributed by atoms with E-state index in [1.807, 2.05) is 6.92 Å². The zero-order valence-corrected chi connectivity index (χ0v) is 14.3. The standard InChI is InChI=1S/C15H21N3O5S/c1-2-23-13-3-5-14(6-4-13)24(21,22)16-11-15(20)18-9-7-17(12-19)8-10-18/h3-6,12,16H,2,7-11H2,1H3. The van der Waals surface area contributed by atoms with Crippen LogP contribution in [-0.2, 0) is 19.6 Å². The van der Waals surface area contributed by atoms with Crippen molar-refractivity contribution in [2.75, 3.05) is 39.3 Å². The number of nitrogens with one attached hydrogen (secondary N) is 1. The molecular weight excluding hydrogens is 334 g/mol. The monoisotopic (exact) mass is 355 g/mol. The average molecular weight is 355 g/mol. The topological polar surface area (TPSA) is 96.0 Å². The number of piperazine rings is 1. The zero-order valence-electron chi connectivity index (χ0n) is 13.5. The van der Waals surface area contributed by atoms with Crippen molar-refractivity contribution < 1.29 is 22.7 Å². The molecule has 8 nitrogen and oxygen atoms in total. The largest absolute Gasteiger partial charge is 0.494 e. The zero-order chi connectivity index (χ0) is 17.6. The van der Waals surface area contributed by atoms with Crippen molar-refractivity contribution in [1.29, 1.82) is 0 Å². The number of carbonyl (C=O) groups is 2. The molecule has 0 atom stereocenters. The van der Waals surface area contributed by atoms with Crippen molar-refractivity contribution in [3.8, 4) is 5.75 Å². The number of carbonyl (C=O) groups excluding carboxylic acids is 2. The lowest BCUT2D eigenvalue weighted by molar-refractivity contribution is -0.134. The van der Waals surface area contributed by atoms with Gasteiger partial charge in [-0.05, 0) is 31.2 Å². The number of amides is 2. The maximum absolute atomic E-state index is 12.2. The van der Waals surface area contributed by atoms with Gasteiger partial charge < -0.3 is 14.5 Å². The first-order valence-corrected chi connectivity index (χ1v) is 9.14. The first kappa shape index (κ1) is 18.2. The summed E-state index contributed by atoms with van der Waals surface area (Å²) in [5.74, 6) is 0.274. The van der Waals surface area contributed by atoms with E-state index in [1.54, 1.807) is 21.9 Å². The molecule has 1 aromatic rings. The smallest absolute Gasteiger partial charge is 0.241 e. The summed E-state index contributed by atoms with van der Waals surface area (Å²) in [5, 5.41) is 0. The number of ether oxygens (including phenoxy) is 1. The molecule has 1 saturated heterocycles. The van der Waals surface area contributed by atoms with Crippen molar-refractivity contribution in [3.05, 3.63) is 24.3 Å². The SMILES string of the molecule is CCOc1ccc(S(=O)(=O)NCC(=O)N2CCN(C=O)CC2)cc1. The van der Waals surface area contributed by atoms with E-state index in [0.717, 1.165) is 6.41 Å². The van der Waals surface area contributed by atoms with E-state index in [0.29, 0.717) is 38.5 Å². The third kappa shape index (κ3) is 4.68. The third-order valence-electron chi connectivity index (χ3n) is 3.67. The van der Waals surface area contributed by atoms with Crippen molar-refractivity contribution in [2.45, 2.75) is 11.8 Å². The Hall–Kier alpha value is -2.13. The second-order valence-electron chi connectivity index (χ2n) is 5.25. The highest BCUT2D eigenvalue weighted by Gasteiger charge is 2.22. The van der Waals surface area contributed by atoms with Crippen LogP contribution in [0.15, 0.2) is 29.2 Å². The van der Waals surface area contributed by atoms with Crippen LogP contribution in [0.3, 0.4) is 0 Å². The van der Waals surface area contributed by atoms with Gasteiger partial charge in [0, 0.05) is 26.2 Å². The molecular formula is C15H21N3O5S. The first-order valence-electron chi connectivity index (χ1n) is 7.66. The van der Waals surface area contributed by atoms with Crippen LogP contribution >= 0.6 is 0 Å². The van der Waals surface area contributed by atoms with Crippen molar-refractivity contribution >= 4 is 22.3 Å². The van der Waals surface area contributed by atoms with Gasteiger partial charge in [-0.25, -0.2) is 13.1 Å². The highest BCUT2D eigenvalue weighted by atomic mass is 32.2. The lowest BCUT2D eigenvalue weighted by Crippen LogP contribution is -2.50. The molecule has 2 rings (SSSR count). The minimum atomic E-state index is -3.76. The Morgan fingerprint density at radius 3 is 2.38 bits per heavy atom. The van der Waals surface area contributed by atoms with Gasteiger partial charge in [0.05, 0.1) is 18.0 Å². The van der Waals surface area contributed by atoms with Crippen LogP contribution in [0.4, 0.5) is 0 Å². The molecule has 1 N–H and O–H groups in total. The lowest BCUT2D eigenvalue weighted by atomic mass is 10.3. The summed E-state index contributed by atoms with van der Waals surface area (Å²) in [7, 11) is -3.76. The molecule has 0 spiro atoms. The summed E-state index contributed by atoms with van der Waals surface area (Å²) in [6, 6.07) is 6.00. The summed E-state index contributed by atoms with van der Waals surface area (Å²) < 4.78 is 32.0. The fourth-order valence-electron chi connectivity index (χ4n) is 2.31. The quantitative estimate of drug-likeness (QED) is 0.676. The minimum Gasteiger partial charge on any atom is -0.494 e. The van der Waals surface area contributed by atoms with Crippen LogP contribution in [0.1, 0.15) is 6.92 Å². The number of nitrogens with zero attached hydrogens (tertiary/aromatic N) is 2.